The fourth-order valence-electron chi connectivity index (χ4n) is 3.00. The highest BCUT2D eigenvalue weighted by molar-refractivity contribution is 5.81. The monoisotopic (exact) mass is 345 g/mol. The molecule has 1 aromatic carbocycles. The fraction of sp³-hybridized carbons (Fsp3) is 0.412. The minimum Gasteiger partial charge on any atom is -0.354 e. The lowest BCUT2D eigenvalue weighted by Crippen LogP contribution is -2.34. The van der Waals surface area contributed by atoms with Crippen LogP contribution in [0.3, 0.4) is 0 Å². The Morgan fingerprint density at radius 2 is 2.08 bits per heavy atom. The van der Waals surface area contributed by atoms with Gasteiger partial charge < -0.3 is 15.2 Å². The zero-order valence-electron chi connectivity index (χ0n) is 14.0. The molecule has 25 heavy (non-hydrogen) atoms. The summed E-state index contributed by atoms with van der Waals surface area (Å²) in [5, 5.41) is 13.7. The van der Waals surface area contributed by atoms with Crippen LogP contribution in [-0.2, 0) is 29.0 Å². The maximum absolute atomic E-state index is 13.6. The number of carbonyl (C=O) groups is 2. The second-order valence-electron chi connectivity index (χ2n) is 6.00. The highest BCUT2D eigenvalue weighted by atomic mass is 19.1. The summed E-state index contributed by atoms with van der Waals surface area (Å²) in [5.74, 6) is 0.739. The molecule has 132 valence electrons. The van der Waals surface area contributed by atoms with Gasteiger partial charge in [-0.2, -0.15) is 0 Å². The van der Waals surface area contributed by atoms with E-state index in [1.54, 1.807) is 22.8 Å². The summed E-state index contributed by atoms with van der Waals surface area (Å²) in [6.07, 6.45) is 1.74. The second-order valence-corrected chi connectivity index (χ2v) is 6.00. The molecule has 3 rings (SSSR count). The number of halogens is 1. The average Bonchev–Trinajstić information content (AvgIpc) is 3.16. The largest absolute Gasteiger partial charge is 0.354 e. The number of hydrogen-bond acceptors (Lipinski definition) is 4. The normalized spacial score (nSPS) is 15.7. The Hall–Kier alpha value is -2.77. The lowest BCUT2D eigenvalue weighted by atomic mass is 10.1. The van der Waals surface area contributed by atoms with Crippen LogP contribution in [0.1, 0.15) is 36.6 Å². The number of benzene rings is 1. The maximum Gasteiger partial charge on any atom is 0.243 e. The molecule has 2 N–H and O–H groups in total. The van der Waals surface area contributed by atoms with Crippen LogP contribution in [0, 0.1) is 5.82 Å². The van der Waals surface area contributed by atoms with Crippen molar-refractivity contribution >= 4 is 11.8 Å². The van der Waals surface area contributed by atoms with Crippen molar-refractivity contribution in [3.63, 3.8) is 0 Å². The summed E-state index contributed by atoms with van der Waals surface area (Å²) < 4.78 is 15.4. The number of aromatic nitrogens is 3. The van der Waals surface area contributed by atoms with Gasteiger partial charge >= 0.3 is 0 Å². The van der Waals surface area contributed by atoms with Crippen LogP contribution < -0.4 is 10.6 Å². The number of nitrogens with one attached hydrogen (secondary N) is 2. The van der Waals surface area contributed by atoms with Gasteiger partial charge in [0, 0.05) is 19.9 Å². The van der Waals surface area contributed by atoms with Gasteiger partial charge in [0.25, 0.3) is 0 Å². The molecule has 0 bridgehead atoms. The summed E-state index contributed by atoms with van der Waals surface area (Å²) in [7, 11) is 0. The second kappa shape index (κ2) is 7.42. The van der Waals surface area contributed by atoms with Crippen LogP contribution in [0.25, 0.3) is 0 Å². The topological polar surface area (TPSA) is 88.9 Å². The third kappa shape index (κ3) is 3.84. The fourth-order valence-corrected chi connectivity index (χ4v) is 3.00. The molecule has 2 aromatic rings. The maximum atomic E-state index is 13.6. The van der Waals surface area contributed by atoms with E-state index in [1.807, 2.05) is 0 Å². The molecule has 8 heteroatoms. The molecule has 0 aliphatic carbocycles. The van der Waals surface area contributed by atoms with E-state index < -0.39 is 6.04 Å². The van der Waals surface area contributed by atoms with Crippen molar-refractivity contribution in [2.24, 2.45) is 0 Å². The van der Waals surface area contributed by atoms with Gasteiger partial charge in [0.2, 0.25) is 11.8 Å². The van der Waals surface area contributed by atoms with Gasteiger partial charge in [0.15, 0.2) is 5.82 Å². The predicted molar refractivity (Wildman–Crippen MR) is 88.0 cm³/mol. The lowest BCUT2D eigenvalue weighted by Gasteiger charge is -2.15. The van der Waals surface area contributed by atoms with Crippen molar-refractivity contribution < 1.29 is 14.0 Å². The molecule has 0 saturated carbocycles. The Labute approximate surface area is 144 Å². The van der Waals surface area contributed by atoms with Gasteiger partial charge in [-0.1, -0.05) is 18.2 Å². The van der Waals surface area contributed by atoms with Gasteiger partial charge in [0.05, 0.1) is 6.54 Å². The molecule has 1 aliphatic heterocycles. The van der Waals surface area contributed by atoms with Crippen molar-refractivity contribution in [1.29, 1.82) is 0 Å². The van der Waals surface area contributed by atoms with Crippen LogP contribution >= 0.6 is 0 Å². The SMILES string of the molecule is CC(=O)NCc1nnc2n1C(C(=O)NCCc1ccccc1F)CC2. The van der Waals surface area contributed by atoms with Gasteiger partial charge in [-0.05, 0) is 24.5 Å². The predicted octanol–water partition coefficient (Wildman–Crippen LogP) is 0.900. The molecule has 1 unspecified atom stereocenters. The summed E-state index contributed by atoms with van der Waals surface area (Å²) >= 11 is 0. The highest BCUT2D eigenvalue weighted by Gasteiger charge is 2.32. The third-order valence-corrected chi connectivity index (χ3v) is 4.24. The summed E-state index contributed by atoms with van der Waals surface area (Å²) in [6, 6.07) is 6.14. The molecule has 0 saturated heterocycles. The molecule has 7 nitrogen and oxygen atoms in total. The van der Waals surface area contributed by atoms with Crippen LogP contribution in [0.5, 0.6) is 0 Å². The van der Waals surface area contributed by atoms with Gasteiger partial charge in [-0.3, -0.25) is 9.59 Å². The first-order valence-corrected chi connectivity index (χ1v) is 8.24. The van der Waals surface area contributed by atoms with Gasteiger partial charge in [0.1, 0.15) is 17.7 Å². The lowest BCUT2D eigenvalue weighted by molar-refractivity contribution is -0.124. The first-order valence-electron chi connectivity index (χ1n) is 8.24. The Morgan fingerprint density at radius 3 is 2.84 bits per heavy atom. The zero-order valence-corrected chi connectivity index (χ0v) is 14.0. The van der Waals surface area contributed by atoms with E-state index in [0.29, 0.717) is 37.2 Å². The molecule has 0 spiro atoms. The van der Waals surface area contributed by atoms with E-state index in [9.17, 15) is 14.0 Å². The van der Waals surface area contributed by atoms with E-state index in [4.69, 9.17) is 0 Å². The Kier molecular flexibility index (Phi) is 5.06. The van der Waals surface area contributed by atoms with Crippen molar-refractivity contribution in [2.75, 3.05) is 6.54 Å². The molecule has 0 radical (unpaired) electrons. The summed E-state index contributed by atoms with van der Waals surface area (Å²) in [5.41, 5.74) is 0.575. The minimum absolute atomic E-state index is 0.140. The average molecular weight is 345 g/mol. The molecule has 1 aromatic heterocycles. The van der Waals surface area contributed by atoms with Gasteiger partial charge in [-0.15, -0.1) is 10.2 Å². The van der Waals surface area contributed by atoms with Crippen molar-refractivity contribution in [2.45, 2.75) is 38.8 Å². The third-order valence-electron chi connectivity index (χ3n) is 4.24. The summed E-state index contributed by atoms with van der Waals surface area (Å²) in [4.78, 5) is 23.6. The minimum atomic E-state index is -0.394. The number of amides is 2. The standard InChI is InChI=1S/C17H20FN5O2/c1-11(24)20-10-16-22-21-15-7-6-14(23(15)16)17(25)19-9-8-12-4-2-3-5-13(12)18/h2-5,14H,6-10H2,1H3,(H,19,25)(H,20,24). The summed E-state index contributed by atoms with van der Waals surface area (Å²) in [6.45, 7) is 2.02. The Bertz CT molecular complexity index is 789. The van der Waals surface area contributed by atoms with Crippen LogP contribution in [0.4, 0.5) is 4.39 Å². The van der Waals surface area contributed by atoms with Crippen molar-refractivity contribution in [3.05, 3.63) is 47.3 Å². The highest BCUT2D eigenvalue weighted by Crippen LogP contribution is 2.26. The van der Waals surface area contributed by atoms with Crippen LogP contribution in [0.2, 0.25) is 0 Å². The van der Waals surface area contributed by atoms with E-state index in [1.165, 1.54) is 13.0 Å². The number of rotatable bonds is 6. The van der Waals surface area contributed by atoms with E-state index in [2.05, 4.69) is 20.8 Å². The molecular weight excluding hydrogens is 325 g/mol. The Balaban J connectivity index is 1.60. The molecule has 1 atom stereocenters. The quantitative estimate of drug-likeness (QED) is 0.814. The molecule has 1 aliphatic rings. The molecule has 2 heterocycles. The zero-order chi connectivity index (χ0) is 17.8. The van der Waals surface area contributed by atoms with E-state index in [-0.39, 0.29) is 24.2 Å². The molecule has 2 amide bonds. The van der Waals surface area contributed by atoms with E-state index >= 15 is 0 Å². The van der Waals surface area contributed by atoms with Crippen LogP contribution in [-0.4, -0.2) is 33.1 Å². The first kappa shape index (κ1) is 17.1. The number of nitrogens with zero attached hydrogens (tertiary/aromatic N) is 3. The number of carbonyl (C=O) groups excluding carboxylic acids is 2. The van der Waals surface area contributed by atoms with E-state index in [0.717, 1.165) is 5.82 Å². The van der Waals surface area contributed by atoms with Crippen molar-refractivity contribution in [3.8, 4) is 0 Å². The van der Waals surface area contributed by atoms with Crippen molar-refractivity contribution in [1.82, 2.24) is 25.4 Å². The van der Waals surface area contributed by atoms with Crippen LogP contribution in [0.15, 0.2) is 24.3 Å². The number of aryl methyl sites for hydroxylation is 1. The Morgan fingerprint density at radius 1 is 1.28 bits per heavy atom. The molecular formula is C17H20FN5O2. The number of fused-ring (bicyclic) bond motifs is 1. The van der Waals surface area contributed by atoms with Gasteiger partial charge in [-0.25, -0.2) is 4.39 Å². The first-order chi connectivity index (χ1) is 12.1. The smallest absolute Gasteiger partial charge is 0.243 e. The number of hydrogen-bond donors (Lipinski definition) is 2. The molecule has 0 fully saturated rings.